The predicted molar refractivity (Wildman–Crippen MR) is 79.9 cm³/mol. The highest BCUT2D eigenvalue weighted by atomic mass is 14.9. The van der Waals surface area contributed by atoms with Crippen LogP contribution in [0.25, 0.3) is 10.9 Å². The molecule has 0 unspecified atom stereocenters. The Labute approximate surface area is 115 Å². The number of aromatic nitrogens is 1. The second-order valence-corrected chi connectivity index (χ2v) is 6.02. The zero-order valence-electron chi connectivity index (χ0n) is 12.1. The normalized spacial score (nSPS) is 11.7. The summed E-state index contributed by atoms with van der Waals surface area (Å²) in [4.78, 5) is 0. The Morgan fingerprint density at radius 2 is 2.00 bits per heavy atom. The van der Waals surface area contributed by atoms with Crippen molar-refractivity contribution in [2.75, 3.05) is 0 Å². The molecule has 1 heterocycles. The molecule has 0 fully saturated rings. The third-order valence-corrected chi connectivity index (χ3v) is 3.68. The van der Waals surface area contributed by atoms with Crippen molar-refractivity contribution in [2.45, 2.75) is 46.6 Å². The molecule has 0 radical (unpaired) electrons. The maximum Gasteiger partial charge on any atom is 0.0683 e. The van der Waals surface area contributed by atoms with E-state index in [4.69, 9.17) is 5.26 Å². The summed E-state index contributed by atoms with van der Waals surface area (Å²) in [5.41, 5.74) is 2.43. The summed E-state index contributed by atoms with van der Waals surface area (Å²) in [5, 5.41) is 10.3. The topological polar surface area (TPSA) is 28.7 Å². The molecule has 0 saturated carbocycles. The molecule has 1 aromatic carbocycles. The van der Waals surface area contributed by atoms with E-state index < -0.39 is 0 Å². The van der Waals surface area contributed by atoms with Gasteiger partial charge < -0.3 is 4.57 Å². The van der Waals surface area contributed by atoms with Crippen LogP contribution in [-0.4, -0.2) is 4.57 Å². The molecule has 0 amide bonds. The smallest absolute Gasteiger partial charge is 0.0683 e. The molecule has 100 valence electrons. The molecule has 19 heavy (non-hydrogen) atoms. The fraction of sp³-hybridized carbons (Fsp3) is 0.471. The van der Waals surface area contributed by atoms with Crippen LogP contribution in [0, 0.1) is 23.7 Å². The van der Waals surface area contributed by atoms with Gasteiger partial charge in [-0.05, 0) is 57.2 Å². The molecule has 0 saturated heterocycles. The third-order valence-electron chi connectivity index (χ3n) is 3.68. The fourth-order valence-corrected chi connectivity index (χ4v) is 2.42. The highest BCUT2D eigenvalue weighted by Crippen LogP contribution is 2.23. The lowest BCUT2D eigenvalue weighted by atomic mass is 9.89. The number of fused-ring (bicyclic) bond motifs is 1. The van der Waals surface area contributed by atoms with Gasteiger partial charge in [0.15, 0.2) is 0 Å². The first-order valence-corrected chi connectivity index (χ1v) is 6.99. The van der Waals surface area contributed by atoms with E-state index in [0.717, 1.165) is 25.8 Å². The average molecular weight is 254 g/mol. The van der Waals surface area contributed by atoms with Crippen LogP contribution in [-0.2, 0) is 6.54 Å². The van der Waals surface area contributed by atoms with Crippen LogP contribution >= 0.6 is 0 Å². The van der Waals surface area contributed by atoms with Gasteiger partial charge >= 0.3 is 0 Å². The van der Waals surface area contributed by atoms with E-state index in [2.05, 4.69) is 48.0 Å². The van der Waals surface area contributed by atoms with E-state index in [1.165, 1.54) is 16.5 Å². The molecule has 2 aromatic rings. The van der Waals surface area contributed by atoms with E-state index in [9.17, 15) is 0 Å². The van der Waals surface area contributed by atoms with Crippen LogP contribution in [0.15, 0.2) is 30.5 Å². The molecular formula is C17H22N2. The van der Waals surface area contributed by atoms with E-state index in [-0.39, 0.29) is 5.41 Å². The predicted octanol–water partition coefficient (Wildman–Crippen LogP) is 4.67. The minimum absolute atomic E-state index is 0.185. The number of aryl methyl sites for hydroxylation is 2. The molecular weight excluding hydrogens is 232 g/mol. The first kappa shape index (κ1) is 13.7. The first-order valence-electron chi connectivity index (χ1n) is 6.99. The summed E-state index contributed by atoms with van der Waals surface area (Å²) in [6, 6.07) is 11.1. The van der Waals surface area contributed by atoms with Crippen molar-refractivity contribution in [3.63, 3.8) is 0 Å². The Bertz CT molecular complexity index is 599. The Hall–Kier alpha value is -1.75. The Kier molecular flexibility index (Phi) is 3.95. The summed E-state index contributed by atoms with van der Waals surface area (Å²) in [6.07, 6.45) is 5.37. The number of unbranched alkanes of at least 4 members (excludes halogenated alkanes) is 1. The zero-order chi connectivity index (χ0) is 13.9. The van der Waals surface area contributed by atoms with Crippen molar-refractivity contribution in [1.82, 2.24) is 4.57 Å². The molecule has 2 nitrogen and oxygen atoms in total. The van der Waals surface area contributed by atoms with Crippen LogP contribution in [0.3, 0.4) is 0 Å². The minimum atomic E-state index is -0.185. The fourth-order valence-electron chi connectivity index (χ4n) is 2.42. The van der Waals surface area contributed by atoms with Crippen LogP contribution in [0.1, 0.15) is 38.7 Å². The van der Waals surface area contributed by atoms with Crippen molar-refractivity contribution >= 4 is 10.9 Å². The number of nitriles is 1. The molecule has 2 heteroatoms. The van der Waals surface area contributed by atoms with Gasteiger partial charge in [0.25, 0.3) is 0 Å². The van der Waals surface area contributed by atoms with Gasteiger partial charge in [-0.15, -0.1) is 0 Å². The van der Waals surface area contributed by atoms with E-state index in [1.807, 2.05) is 13.8 Å². The van der Waals surface area contributed by atoms with Crippen molar-refractivity contribution in [2.24, 2.45) is 5.41 Å². The van der Waals surface area contributed by atoms with E-state index in [0.29, 0.717) is 0 Å². The maximum absolute atomic E-state index is 8.99. The largest absolute Gasteiger partial charge is 0.347 e. The quantitative estimate of drug-likeness (QED) is 0.713. The van der Waals surface area contributed by atoms with Crippen molar-refractivity contribution in [3.05, 3.63) is 36.0 Å². The molecule has 0 atom stereocenters. The van der Waals surface area contributed by atoms with Crippen LogP contribution in [0.2, 0.25) is 0 Å². The zero-order valence-corrected chi connectivity index (χ0v) is 12.1. The number of hydrogen-bond acceptors (Lipinski definition) is 1. The number of rotatable bonds is 5. The third kappa shape index (κ3) is 3.38. The van der Waals surface area contributed by atoms with Gasteiger partial charge in [0.05, 0.1) is 11.5 Å². The number of hydrogen-bond donors (Lipinski definition) is 0. The molecule has 0 N–H and O–H groups in total. The SMILES string of the molecule is Cc1ccc2c(ccn2CCCCC(C)(C)C#N)c1. The molecule has 2 rings (SSSR count). The minimum Gasteiger partial charge on any atom is -0.347 e. The lowest BCUT2D eigenvalue weighted by Crippen LogP contribution is -2.08. The number of benzene rings is 1. The highest BCUT2D eigenvalue weighted by Gasteiger charge is 2.15. The van der Waals surface area contributed by atoms with Crippen molar-refractivity contribution in [1.29, 1.82) is 5.26 Å². The van der Waals surface area contributed by atoms with Crippen LogP contribution in [0.5, 0.6) is 0 Å². The summed E-state index contributed by atoms with van der Waals surface area (Å²) < 4.78 is 2.31. The highest BCUT2D eigenvalue weighted by molar-refractivity contribution is 5.80. The van der Waals surface area contributed by atoms with Gasteiger partial charge in [0, 0.05) is 18.3 Å². The standard InChI is InChI=1S/C17H22N2/c1-14-6-7-16-15(12-14)8-11-19(16)10-5-4-9-17(2,3)13-18/h6-8,11-12H,4-5,9-10H2,1-3H3. The Morgan fingerprint density at radius 1 is 1.21 bits per heavy atom. The van der Waals surface area contributed by atoms with Crippen molar-refractivity contribution < 1.29 is 0 Å². The molecule has 0 bridgehead atoms. The second kappa shape index (κ2) is 5.48. The molecule has 1 aromatic heterocycles. The van der Waals surface area contributed by atoms with Crippen LogP contribution in [0.4, 0.5) is 0 Å². The summed E-state index contributed by atoms with van der Waals surface area (Å²) in [7, 11) is 0. The summed E-state index contributed by atoms with van der Waals surface area (Å²) in [5.74, 6) is 0. The summed E-state index contributed by atoms with van der Waals surface area (Å²) in [6.45, 7) is 7.19. The average Bonchev–Trinajstić information content (AvgIpc) is 2.77. The van der Waals surface area contributed by atoms with Gasteiger partial charge in [-0.3, -0.25) is 0 Å². The van der Waals surface area contributed by atoms with E-state index >= 15 is 0 Å². The van der Waals surface area contributed by atoms with Gasteiger partial charge in [-0.2, -0.15) is 5.26 Å². The van der Waals surface area contributed by atoms with Gasteiger partial charge in [0.1, 0.15) is 0 Å². The van der Waals surface area contributed by atoms with E-state index in [1.54, 1.807) is 0 Å². The first-order chi connectivity index (χ1) is 9.02. The van der Waals surface area contributed by atoms with Crippen LogP contribution < -0.4 is 0 Å². The molecule has 0 spiro atoms. The van der Waals surface area contributed by atoms with Crippen molar-refractivity contribution in [3.8, 4) is 6.07 Å². The number of nitrogens with zero attached hydrogens (tertiary/aromatic N) is 2. The molecule has 0 aliphatic heterocycles. The van der Waals surface area contributed by atoms with Gasteiger partial charge in [0.2, 0.25) is 0 Å². The second-order valence-electron chi connectivity index (χ2n) is 6.02. The summed E-state index contributed by atoms with van der Waals surface area (Å²) >= 11 is 0. The lowest BCUT2D eigenvalue weighted by molar-refractivity contribution is 0.418. The molecule has 0 aliphatic rings. The van der Waals surface area contributed by atoms with Gasteiger partial charge in [-0.1, -0.05) is 18.1 Å². The van der Waals surface area contributed by atoms with Gasteiger partial charge in [-0.25, -0.2) is 0 Å². The Balaban J connectivity index is 1.94. The maximum atomic E-state index is 8.99. The molecule has 0 aliphatic carbocycles. The monoisotopic (exact) mass is 254 g/mol. The lowest BCUT2D eigenvalue weighted by Gasteiger charge is -2.14. The Morgan fingerprint density at radius 3 is 2.74 bits per heavy atom.